The second kappa shape index (κ2) is 6.78. The summed E-state index contributed by atoms with van der Waals surface area (Å²) in [7, 11) is 0. The number of carboxylic acid groups (broad SMARTS) is 1. The number of hydrogen-bond donors (Lipinski definition) is 1. The Bertz CT molecular complexity index is 976. The molecule has 0 spiro atoms. The SMILES string of the molecule is Cc1ccc(/C=C(/Sc2nc3ccccc3o2)C(=O)O)cc1[N+](=O)[O-]. The Labute approximate surface area is 146 Å². The number of aromatic nitrogens is 1. The largest absolute Gasteiger partial charge is 0.477 e. The maximum absolute atomic E-state index is 11.5. The van der Waals surface area contributed by atoms with E-state index in [0.29, 0.717) is 22.2 Å². The lowest BCUT2D eigenvalue weighted by molar-refractivity contribution is -0.385. The first kappa shape index (κ1) is 16.7. The number of nitro benzene ring substituents is 1. The first-order chi connectivity index (χ1) is 11.9. The van der Waals surface area contributed by atoms with Gasteiger partial charge in [-0.15, -0.1) is 0 Å². The van der Waals surface area contributed by atoms with E-state index in [0.717, 1.165) is 11.8 Å². The highest BCUT2D eigenvalue weighted by molar-refractivity contribution is 8.03. The highest BCUT2D eigenvalue weighted by Crippen LogP contribution is 2.31. The van der Waals surface area contributed by atoms with Crippen LogP contribution in [-0.2, 0) is 4.79 Å². The molecule has 0 bridgehead atoms. The first-order valence-electron chi connectivity index (χ1n) is 7.17. The molecule has 0 aliphatic rings. The van der Waals surface area contributed by atoms with Crippen LogP contribution in [0.15, 0.2) is 57.0 Å². The van der Waals surface area contributed by atoms with Crippen LogP contribution in [0.2, 0.25) is 0 Å². The highest BCUT2D eigenvalue weighted by Gasteiger charge is 2.16. The highest BCUT2D eigenvalue weighted by atomic mass is 32.2. The molecule has 0 amide bonds. The van der Waals surface area contributed by atoms with Gasteiger partial charge in [-0.3, -0.25) is 10.1 Å². The Morgan fingerprint density at radius 2 is 2.08 bits per heavy atom. The molecular weight excluding hydrogens is 344 g/mol. The smallest absolute Gasteiger partial charge is 0.342 e. The molecule has 0 saturated heterocycles. The minimum absolute atomic E-state index is 0.0512. The number of oxazole rings is 1. The Morgan fingerprint density at radius 1 is 1.32 bits per heavy atom. The molecule has 8 heteroatoms. The van der Waals surface area contributed by atoms with Gasteiger partial charge in [0, 0.05) is 11.6 Å². The van der Waals surface area contributed by atoms with Crippen molar-refractivity contribution in [1.29, 1.82) is 0 Å². The fourth-order valence-corrected chi connectivity index (χ4v) is 2.93. The average Bonchev–Trinajstić information content (AvgIpc) is 2.98. The quantitative estimate of drug-likeness (QED) is 0.315. The lowest BCUT2D eigenvalue weighted by Crippen LogP contribution is -1.97. The second-order valence-corrected chi connectivity index (χ2v) is 6.16. The van der Waals surface area contributed by atoms with Gasteiger partial charge in [-0.05, 0) is 42.5 Å². The second-order valence-electron chi connectivity index (χ2n) is 5.17. The fraction of sp³-hybridized carbons (Fsp3) is 0.0588. The summed E-state index contributed by atoms with van der Waals surface area (Å²) in [4.78, 5) is 26.2. The van der Waals surface area contributed by atoms with Crippen LogP contribution in [0.3, 0.4) is 0 Å². The van der Waals surface area contributed by atoms with Crippen molar-refractivity contribution < 1.29 is 19.2 Å². The van der Waals surface area contributed by atoms with Crippen molar-refractivity contribution in [2.45, 2.75) is 12.1 Å². The third kappa shape index (κ3) is 3.69. The predicted octanol–water partition coefficient (Wildman–Crippen LogP) is 4.26. The molecule has 0 aliphatic carbocycles. The number of benzene rings is 2. The van der Waals surface area contributed by atoms with Crippen LogP contribution >= 0.6 is 11.8 Å². The van der Waals surface area contributed by atoms with Gasteiger partial charge >= 0.3 is 5.97 Å². The van der Waals surface area contributed by atoms with Crippen LogP contribution < -0.4 is 0 Å². The molecule has 1 aromatic heterocycles. The zero-order valence-electron chi connectivity index (χ0n) is 13.0. The molecule has 0 saturated carbocycles. The number of rotatable bonds is 5. The summed E-state index contributed by atoms with van der Waals surface area (Å²) in [6, 6.07) is 11.6. The monoisotopic (exact) mass is 356 g/mol. The van der Waals surface area contributed by atoms with Crippen LogP contribution in [0, 0.1) is 17.0 Å². The van der Waals surface area contributed by atoms with E-state index in [1.165, 1.54) is 12.1 Å². The number of hydrogen-bond acceptors (Lipinski definition) is 6. The molecule has 126 valence electrons. The molecule has 7 nitrogen and oxygen atoms in total. The Hall–Kier alpha value is -3.13. The van der Waals surface area contributed by atoms with Crippen molar-refractivity contribution in [3.63, 3.8) is 0 Å². The number of nitro groups is 1. The molecule has 0 radical (unpaired) electrons. The summed E-state index contributed by atoms with van der Waals surface area (Å²) in [5.74, 6) is -1.17. The van der Waals surface area contributed by atoms with E-state index in [1.54, 1.807) is 43.3 Å². The number of thioether (sulfide) groups is 1. The van der Waals surface area contributed by atoms with E-state index in [4.69, 9.17) is 4.42 Å². The molecule has 3 aromatic rings. The van der Waals surface area contributed by atoms with E-state index in [-0.39, 0.29) is 15.8 Å². The number of carboxylic acids is 1. The molecular formula is C17H12N2O5S. The Balaban J connectivity index is 1.95. The van der Waals surface area contributed by atoms with Gasteiger partial charge in [0.05, 0.1) is 4.92 Å². The fourth-order valence-electron chi connectivity index (χ4n) is 2.19. The summed E-state index contributed by atoms with van der Waals surface area (Å²) in [6.07, 6.45) is 1.36. The summed E-state index contributed by atoms with van der Waals surface area (Å²) in [5.41, 5.74) is 2.04. The third-order valence-corrected chi connectivity index (χ3v) is 4.27. The number of aryl methyl sites for hydroxylation is 1. The van der Waals surface area contributed by atoms with Crippen molar-refractivity contribution in [3.8, 4) is 0 Å². The number of carbonyl (C=O) groups is 1. The van der Waals surface area contributed by atoms with E-state index >= 15 is 0 Å². The normalized spacial score (nSPS) is 11.6. The minimum atomic E-state index is -1.17. The van der Waals surface area contributed by atoms with Crippen LogP contribution in [0.1, 0.15) is 11.1 Å². The summed E-state index contributed by atoms with van der Waals surface area (Å²) in [5, 5.41) is 20.6. The summed E-state index contributed by atoms with van der Waals surface area (Å²) in [6.45, 7) is 1.62. The van der Waals surface area contributed by atoms with Gasteiger partial charge in [-0.2, -0.15) is 0 Å². The van der Waals surface area contributed by atoms with Crippen molar-refractivity contribution >= 4 is 40.6 Å². The van der Waals surface area contributed by atoms with E-state index in [1.807, 2.05) is 0 Å². The Kier molecular flexibility index (Phi) is 4.53. The lowest BCUT2D eigenvalue weighted by Gasteiger charge is -2.01. The zero-order valence-corrected chi connectivity index (χ0v) is 13.8. The van der Waals surface area contributed by atoms with Gasteiger partial charge in [-0.25, -0.2) is 9.78 Å². The Morgan fingerprint density at radius 3 is 2.76 bits per heavy atom. The standard InChI is InChI=1S/C17H12N2O5S/c1-10-6-7-11(8-13(10)19(22)23)9-15(16(20)21)25-17-18-12-4-2-3-5-14(12)24-17/h2-9H,1H3,(H,20,21)/b15-9+. The molecule has 2 aromatic carbocycles. The molecule has 0 atom stereocenters. The number of aliphatic carboxylic acids is 1. The average molecular weight is 356 g/mol. The maximum Gasteiger partial charge on any atom is 0.342 e. The maximum atomic E-state index is 11.5. The first-order valence-corrected chi connectivity index (χ1v) is 7.99. The van der Waals surface area contributed by atoms with Crippen molar-refractivity contribution in [2.24, 2.45) is 0 Å². The minimum Gasteiger partial charge on any atom is -0.477 e. The molecule has 0 unspecified atom stereocenters. The molecule has 25 heavy (non-hydrogen) atoms. The van der Waals surface area contributed by atoms with Gasteiger partial charge in [0.1, 0.15) is 10.4 Å². The molecule has 3 rings (SSSR count). The van der Waals surface area contributed by atoms with Crippen molar-refractivity contribution in [1.82, 2.24) is 4.98 Å². The summed E-state index contributed by atoms with van der Waals surface area (Å²) < 4.78 is 5.51. The molecule has 0 aliphatic heterocycles. The predicted molar refractivity (Wildman–Crippen MR) is 93.3 cm³/mol. The van der Waals surface area contributed by atoms with Gasteiger partial charge in [0.2, 0.25) is 0 Å². The lowest BCUT2D eigenvalue weighted by atomic mass is 10.1. The number of nitrogens with zero attached hydrogens (tertiary/aromatic N) is 2. The van der Waals surface area contributed by atoms with Gasteiger partial charge in [0.15, 0.2) is 5.58 Å². The van der Waals surface area contributed by atoms with Gasteiger partial charge in [0.25, 0.3) is 10.9 Å². The molecule has 1 heterocycles. The van der Waals surface area contributed by atoms with Crippen LogP contribution in [0.5, 0.6) is 0 Å². The van der Waals surface area contributed by atoms with Crippen LogP contribution in [0.25, 0.3) is 17.2 Å². The number of para-hydroxylation sites is 2. The van der Waals surface area contributed by atoms with Gasteiger partial charge in [-0.1, -0.05) is 24.3 Å². The molecule has 0 fully saturated rings. The zero-order chi connectivity index (χ0) is 18.0. The van der Waals surface area contributed by atoms with Gasteiger partial charge < -0.3 is 9.52 Å². The third-order valence-electron chi connectivity index (χ3n) is 3.41. The topological polar surface area (TPSA) is 106 Å². The van der Waals surface area contributed by atoms with Crippen LogP contribution in [0.4, 0.5) is 5.69 Å². The van der Waals surface area contributed by atoms with Crippen molar-refractivity contribution in [3.05, 3.63) is 68.6 Å². The summed E-state index contributed by atoms with van der Waals surface area (Å²) >= 11 is 0.850. The van der Waals surface area contributed by atoms with Crippen molar-refractivity contribution in [2.75, 3.05) is 0 Å². The van der Waals surface area contributed by atoms with E-state index in [9.17, 15) is 20.0 Å². The van der Waals surface area contributed by atoms with E-state index < -0.39 is 10.9 Å². The number of fused-ring (bicyclic) bond motifs is 1. The van der Waals surface area contributed by atoms with Crippen LogP contribution in [-0.4, -0.2) is 21.0 Å². The van der Waals surface area contributed by atoms with E-state index in [2.05, 4.69) is 4.98 Å². The molecule has 1 N–H and O–H groups in total.